The topological polar surface area (TPSA) is 70.2 Å². The third-order valence-corrected chi connectivity index (χ3v) is 4.21. The highest BCUT2D eigenvalue weighted by Gasteiger charge is 2.07. The standard InChI is InChI=1S/C23H23N3O2/c1-17-10-12-20(13-11-17)26-22(27)16-24-21-9-5-8-19(14-21)23(28)25-15-18-6-3-2-4-7-18/h2-14,24H,15-16H2,1H3,(H,25,28)(H,26,27). The second-order valence-corrected chi connectivity index (χ2v) is 6.52. The molecule has 5 heteroatoms. The maximum absolute atomic E-state index is 12.4. The summed E-state index contributed by atoms with van der Waals surface area (Å²) in [5, 5.41) is 8.79. The summed E-state index contributed by atoms with van der Waals surface area (Å²) < 4.78 is 0. The van der Waals surface area contributed by atoms with Gasteiger partial charge in [0, 0.05) is 23.5 Å². The summed E-state index contributed by atoms with van der Waals surface area (Å²) in [4.78, 5) is 24.5. The van der Waals surface area contributed by atoms with Gasteiger partial charge in [-0.3, -0.25) is 9.59 Å². The molecule has 3 N–H and O–H groups in total. The van der Waals surface area contributed by atoms with Crippen molar-refractivity contribution in [3.8, 4) is 0 Å². The van der Waals surface area contributed by atoms with E-state index in [-0.39, 0.29) is 18.4 Å². The summed E-state index contributed by atoms with van der Waals surface area (Å²) in [6.07, 6.45) is 0. The van der Waals surface area contributed by atoms with Crippen LogP contribution in [0.15, 0.2) is 78.9 Å². The van der Waals surface area contributed by atoms with Crippen LogP contribution in [0.2, 0.25) is 0 Å². The lowest BCUT2D eigenvalue weighted by Crippen LogP contribution is -2.23. The Morgan fingerprint density at radius 3 is 2.32 bits per heavy atom. The van der Waals surface area contributed by atoms with Crippen LogP contribution < -0.4 is 16.0 Å². The third kappa shape index (κ3) is 5.71. The zero-order chi connectivity index (χ0) is 19.8. The van der Waals surface area contributed by atoms with Crippen LogP contribution in [0.5, 0.6) is 0 Å². The average molecular weight is 373 g/mol. The summed E-state index contributed by atoms with van der Waals surface area (Å²) >= 11 is 0. The van der Waals surface area contributed by atoms with Crippen LogP contribution in [-0.4, -0.2) is 18.4 Å². The Kier molecular flexibility index (Phi) is 6.41. The van der Waals surface area contributed by atoms with E-state index in [4.69, 9.17) is 0 Å². The van der Waals surface area contributed by atoms with E-state index in [0.717, 1.165) is 16.8 Å². The van der Waals surface area contributed by atoms with Gasteiger partial charge in [-0.05, 0) is 42.8 Å². The first kappa shape index (κ1) is 19.2. The summed E-state index contributed by atoms with van der Waals surface area (Å²) in [5.74, 6) is -0.306. The molecule has 3 aromatic rings. The van der Waals surface area contributed by atoms with Crippen LogP contribution in [-0.2, 0) is 11.3 Å². The molecule has 0 fully saturated rings. The van der Waals surface area contributed by atoms with Crippen molar-refractivity contribution in [3.63, 3.8) is 0 Å². The highest BCUT2D eigenvalue weighted by Crippen LogP contribution is 2.12. The molecule has 0 aliphatic carbocycles. The van der Waals surface area contributed by atoms with Crippen molar-refractivity contribution in [3.05, 3.63) is 95.6 Å². The number of aryl methyl sites for hydroxylation is 1. The SMILES string of the molecule is Cc1ccc(NC(=O)CNc2cccc(C(=O)NCc3ccccc3)c2)cc1. The molecule has 0 saturated carbocycles. The minimum absolute atomic E-state index is 0.114. The van der Waals surface area contributed by atoms with Crippen molar-refractivity contribution in [2.45, 2.75) is 13.5 Å². The van der Waals surface area contributed by atoms with Gasteiger partial charge in [0.15, 0.2) is 0 Å². The van der Waals surface area contributed by atoms with Gasteiger partial charge >= 0.3 is 0 Å². The summed E-state index contributed by atoms with van der Waals surface area (Å²) in [5.41, 5.74) is 4.19. The first-order chi connectivity index (χ1) is 13.6. The number of benzene rings is 3. The largest absolute Gasteiger partial charge is 0.376 e. The number of carbonyl (C=O) groups is 2. The Labute approximate surface area is 164 Å². The third-order valence-electron chi connectivity index (χ3n) is 4.21. The Hall–Kier alpha value is -3.60. The fourth-order valence-electron chi connectivity index (χ4n) is 2.68. The first-order valence-corrected chi connectivity index (χ1v) is 9.13. The van der Waals surface area contributed by atoms with E-state index in [2.05, 4.69) is 16.0 Å². The van der Waals surface area contributed by atoms with Crippen molar-refractivity contribution >= 4 is 23.2 Å². The lowest BCUT2D eigenvalue weighted by molar-refractivity contribution is -0.114. The number of hydrogen-bond acceptors (Lipinski definition) is 3. The zero-order valence-corrected chi connectivity index (χ0v) is 15.7. The molecular formula is C23H23N3O2. The fourth-order valence-corrected chi connectivity index (χ4v) is 2.68. The van der Waals surface area contributed by atoms with E-state index in [1.165, 1.54) is 0 Å². The molecule has 0 bridgehead atoms. The van der Waals surface area contributed by atoms with Crippen molar-refractivity contribution in [2.24, 2.45) is 0 Å². The molecule has 2 amide bonds. The second-order valence-electron chi connectivity index (χ2n) is 6.52. The highest BCUT2D eigenvalue weighted by molar-refractivity contribution is 5.96. The van der Waals surface area contributed by atoms with Crippen molar-refractivity contribution in [1.82, 2.24) is 5.32 Å². The van der Waals surface area contributed by atoms with Gasteiger partial charge < -0.3 is 16.0 Å². The average Bonchev–Trinajstić information content (AvgIpc) is 2.73. The van der Waals surface area contributed by atoms with Crippen molar-refractivity contribution < 1.29 is 9.59 Å². The Morgan fingerprint density at radius 2 is 1.57 bits per heavy atom. The Balaban J connectivity index is 1.51. The van der Waals surface area contributed by atoms with Gasteiger partial charge in [-0.15, -0.1) is 0 Å². The summed E-state index contributed by atoms with van der Waals surface area (Å²) in [7, 11) is 0. The van der Waals surface area contributed by atoms with Gasteiger partial charge in [0.1, 0.15) is 0 Å². The Morgan fingerprint density at radius 1 is 0.821 bits per heavy atom. The van der Waals surface area contributed by atoms with Crippen LogP contribution in [0, 0.1) is 6.92 Å². The van der Waals surface area contributed by atoms with Gasteiger partial charge in [-0.1, -0.05) is 54.1 Å². The van der Waals surface area contributed by atoms with Crippen LogP contribution in [0.4, 0.5) is 11.4 Å². The zero-order valence-electron chi connectivity index (χ0n) is 15.7. The fraction of sp³-hybridized carbons (Fsp3) is 0.130. The molecule has 142 valence electrons. The molecule has 0 aliphatic rings. The Bertz CT molecular complexity index is 938. The van der Waals surface area contributed by atoms with Gasteiger partial charge in [-0.25, -0.2) is 0 Å². The van der Waals surface area contributed by atoms with Gasteiger partial charge in [0.05, 0.1) is 6.54 Å². The highest BCUT2D eigenvalue weighted by atomic mass is 16.2. The number of anilines is 2. The minimum atomic E-state index is -0.156. The van der Waals surface area contributed by atoms with Gasteiger partial charge in [0.25, 0.3) is 5.91 Å². The summed E-state index contributed by atoms with van der Waals surface area (Å²) in [6.45, 7) is 2.58. The molecule has 0 aromatic heterocycles. The number of nitrogens with one attached hydrogen (secondary N) is 3. The molecule has 0 atom stereocenters. The number of hydrogen-bond donors (Lipinski definition) is 3. The molecule has 0 aliphatic heterocycles. The molecule has 28 heavy (non-hydrogen) atoms. The molecule has 0 unspecified atom stereocenters. The molecular weight excluding hydrogens is 350 g/mol. The molecule has 0 heterocycles. The maximum atomic E-state index is 12.4. The van der Waals surface area contributed by atoms with Crippen molar-refractivity contribution in [2.75, 3.05) is 17.2 Å². The predicted octanol–water partition coefficient (Wildman–Crippen LogP) is 3.98. The smallest absolute Gasteiger partial charge is 0.251 e. The van der Waals surface area contributed by atoms with Crippen LogP contribution in [0.1, 0.15) is 21.5 Å². The van der Waals surface area contributed by atoms with Gasteiger partial charge in [-0.2, -0.15) is 0 Å². The van der Waals surface area contributed by atoms with Crippen LogP contribution >= 0.6 is 0 Å². The molecule has 3 rings (SSSR count). The van der Waals surface area contributed by atoms with Crippen LogP contribution in [0.3, 0.4) is 0 Å². The van der Waals surface area contributed by atoms with Crippen LogP contribution in [0.25, 0.3) is 0 Å². The molecule has 3 aromatic carbocycles. The first-order valence-electron chi connectivity index (χ1n) is 9.13. The predicted molar refractivity (Wildman–Crippen MR) is 112 cm³/mol. The quantitative estimate of drug-likeness (QED) is 0.587. The monoisotopic (exact) mass is 373 g/mol. The molecule has 5 nitrogen and oxygen atoms in total. The van der Waals surface area contributed by atoms with E-state index in [1.807, 2.05) is 67.6 Å². The molecule has 0 radical (unpaired) electrons. The number of rotatable bonds is 7. The number of carbonyl (C=O) groups excluding carboxylic acids is 2. The molecule has 0 saturated heterocycles. The van der Waals surface area contributed by atoms with E-state index in [1.54, 1.807) is 18.2 Å². The lowest BCUT2D eigenvalue weighted by atomic mass is 10.1. The maximum Gasteiger partial charge on any atom is 0.251 e. The van der Waals surface area contributed by atoms with E-state index >= 15 is 0 Å². The van der Waals surface area contributed by atoms with E-state index in [0.29, 0.717) is 17.8 Å². The lowest BCUT2D eigenvalue weighted by Gasteiger charge is -2.10. The van der Waals surface area contributed by atoms with Crippen molar-refractivity contribution in [1.29, 1.82) is 0 Å². The van der Waals surface area contributed by atoms with E-state index in [9.17, 15) is 9.59 Å². The number of amides is 2. The van der Waals surface area contributed by atoms with E-state index < -0.39 is 0 Å². The summed E-state index contributed by atoms with van der Waals surface area (Å²) in [6, 6.07) is 24.5. The molecule has 0 spiro atoms. The van der Waals surface area contributed by atoms with Gasteiger partial charge in [0.2, 0.25) is 5.91 Å². The minimum Gasteiger partial charge on any atom is -0.376 e. The normalized spacial score (nSPS) is 10.2. The second kappa shape index (κ2) is 9.37.